The summed E-state index contributed by atoms with van der Waals surface area (Å²) in [4.78, 5) is 11.9. The fourth-order valence-electron chi connectivity index (χ4n) is 1.65. The van der Waals surface area contributed by atoms with E-state index in [0.29, 0.717) is 11.3 Å². The third-order valence-corrected chi connectivity index (χ3v) is 2.76. The number of carbonyl (C=O) groups is 1. The summed E-state index contributed by atoms with van der Waals surface area (Å²) >= 11 is 0. The number of rotatable bonds is 3. The Kier molecular flexibility index (Phi) is 3.92. The number of nitrogens with one attached hydrogen (secondary N) is 1. The van der Waals surface area contributed by atoms with Gasteiger partial charge in [-0.3, -0.25) is 4.79 Å². The molecule has 0 bridgehead atoms. The van der Waals surface area contributed by atoms with Gasteiger partial charge in [0.25, 0.3) is 5.91 Å². The van der Waals surface area contributed by atoms with Crippen LogP contribution in [0.5, 0.6) is 0 Å². The van der Waals surface area contributed by atoms with Gasteiger partial charge < -0.3 is 10.4 Å². The summed E-state index contributed by atoms with van der Waals surface area (Å²) in [7, 11) is 0. The van der Waals surface area contributed by atoms with Gasteiger partial charge >= 0.3 is 0 Å². The van der Waals surface area contributed by atoms with Gasteiger partial charge in [-0.1, -0.05) is 12.1 Å². The Morgan fingerprint density at radius 2 is 1.68 bits per heavy atom. The van der Waals surface area contributed by atoms with E-state index in [1.54, 1.807) is 31.2 Å². The quantitative estimate of drug-likeness (QED) is 0.889. The van der Waals surface area contributed by atoms with Crippen LogP contribution in [0.2, 0.25) is 0 Å². The van der Waals surface area contributed by atoms with E-state index in [1.807, 2.05) is 0 Å². The SMILES string of the molecule is C[C@H](O)c1ccc(NC(=O)c2ccc(F)cc2)cc1. The number of hydrogen-bond donors (Lipinski definition) is 2. The van der Waals surface area contributed by atoms with E-state index >= 15 is 0 Å². The fraction of sp³-hybridized carbons (Fsp3) is 0.133. The number of aliphatic hydroxyl groups is 1. The number of aliphatic hydroxyl groups excluding tert-OH is 1. The standard InChI is InChI=1S/C15H14FNO2/c1-10(18)11-4-8-14(9-5-11)17-15(19)12-2-6-13(16)7-3-12/h2-10,18H,1H3,(H,17,19)/t10-/m0/s1. The predicted molar refractivity (Wildman–Crippen MR) is 71.4 cm³/mol. The lowest BCUT2D eigenvalue weighted by Crippen LogP contribution is -2.11. The molecule has 2 aromatic rings. The van der Waals surface area contributed by atoms with E-state index in [4.69, 9.17) is 0 Å². The third kappa shape index (κ3) is 3.39. The second-order valence-corrected chi connectivity index (χ2v) is 4.26. The predicted octanol–water partition coefficient (Wildman–Crippen LogP) is 3.13. The van der Waals surface area contributed by atoms with Crippen molar-refractivity contribution in [3.05, 3.63) is 65.5 Å². The number of hydrogen-bond acceptors (Lipinski definition) is 2. The highest BCUT2D eigenvalue weighted by atomic mass is 19.1. The van der Waals surface area contributed by atoms with Crippen LogP contribution in [0.15, 0.2) is 48.5 Å². The molecule has 0 saturated heterocycles. The highest BCUT2D eigenvalue weighted by molar-refractivity contribution is 6.04. The number of amides is 1. The monoisotopic (exact) mass is 259 g/mol. The van der Waals surface area contributed by atoms with Crippen LogP contribution in [0.3, 0.4) is 0 Å². The molecule has 0 spiro atoms. The molecule has 0 aliphatic heterocycles. The summed E-state index contributed by atoms with van der Waals surface area (Å²) in [5, 5.41) is 12.1. The van der Waals surface area contributed by atoms with Crippen LogP contribution >= 0.6 is 0 Å². The van der Waals surface area contributed by atoms with Crippen molar-refractivity contribution >= 4 is 11.6 Å². The fourth-order valence-corrected chi connectivity index (χ4v) is 1.65. The average molecular weight is 259 g/mol. The van der Waals surface area contributed by atoms with Gasteiger partial charge in [0.05, 0.1) is 6.10 Å². The maximum Gasteiger partial charge on any atom is 0.255 e. The lowest BCUT2D eigenvalue weighted by atomic mass is 10.1. The van der Waals surface area contributed by atoms with Crippen LogP contribution in [-0.2, 0) is 0 Å². The summed E-state index contributed by atoms with van der Waals surface area (Å²) in [6.07, 6.45) is -0.540. The molecule has 2 N–H and O–H groups in total. The Balaban J connectivity index is 2.08. The molecule has 0 fully saturated rings. The summed E-state index contributed by atoms with van der Waals surface area (Å²) in [5.41, 5.74) is 1.79. The van der Waals surface area contributed by atoms with Gasteiger partial charge in [0.2, 0.25) is 0 Å². The van der Waals surface area contributed by atoms with Gasteiger partial charge in [0.1, 0.15) is 5.82 Å². The molecule has 0 radical (unpaired) electrons. The number of anilines is 1. The van der Waals surface area contributed by atoms with E-state index < -0.39 is 6.10 Å². The third-order valence-electron chi connectivity index (χ3n) is 2.76. The van der Waals surface area contributed by atoms with E-state index in [9.17, 15) is 14.3 Å². The van der Waals surface area contributed by atoms with Gasteiger partial charge in [0, 0.05) is 11.3 Å². The van der Waals surface area contributed by atoms with Crippen LogP contribution in [0.25, 0.3) is 0 Å². The van der Waals surface area contributed by atoms with Crippen molar-refractivity contribution in [3.8, 4) is 0 Å². The second-order valence-electron chi connectivity index (χ2n) is 4.26. The normalized spacial score (nSPS) is 11.9. The van der Waals surface area contributed by atoms with Gasteiger partial charge in [-0.25, -0.2) is 4.39 Å². The minimum absolute atomic E-state index is 0.301. The molecule has 0 aliphatic carbocycles. The molecule has 0 aliphatic rings. The molecular weight excluding hydrogens is 245 g/mol. The maximum absolute atomic E-state index is 12.7. The molecule has 19 heavy (non-hydrogen) atoms. The largest absolute Gasteiger partial charge is 0.389 e. The molecule has 2 rings (SSSR count). The van der Waals surface area contributed by atoms with Crippen LogP contribution < -0.4 is 5.32 Å². The van der Waals surface area contributed by atoms with Crippen molar-refractivity contribution in [2.75, 3.05) is 5.32 Å². The van der Waals surface area contributed by atoms with Gasteiger partial charge in [0.15, 0.2) is 0 Å². The Bertz CT molecular complexity index is 562. The molecule has 3 nitrogen and oxygen atoms in total. The molecule has 0 aromatic heterocycles. The minimum Gasteiger partial charge on any atom is -0.389 e. The van der Waals surface area contributed by atoms with E-state index in [2.05, 4.69) is 5.32 Å². The van der Waals surface area contributed by atoms with Crippen LogP contribution in [0, 0.1) is 5.82 Å². The molecule has 0 heterocycles. The van der Waals surface area contributed by atoms with Gasteiger partial charge in [-0.2, -0.15) is 0 Å². The first-order valence-electron chi connectivity index (χ1n) is 5.91. The van der Waals surface area contributed by atoms with Gasteiger partial charge in [-0.15, -0.1) is 0 Å². The first-order chi connectivity index (χ1) is 9.06. The molecule has 2 aromatic carbocycles. The van der Waals surface area contributed by atoms with Gasteiger partial charge in [-0.05, 0) is 48.9 Å². The first kappa shape index (κ1) is 13.2. The maximum atomic E-state index is 12.7. The van der Waals surface area contributed by atoms with E-state index in [0.717, 1.165) is 5.56 Å². The highest BCUT2D eigenvalue weighted by Gasteiger charge is 2.06. The van der Waals surface area contributed by atoms with Crippen LogP contribution in [-0.4, -0.2) is 11.0 Å². The molecule has 1 amide bonds. The van der Waals surface area contributed by atoms with Crippen molar-refractivity contribution in [1.29, 1.82) is 0 Å². The molecular formula is C15H14FNO2. The van der Waals surface area contributed by atoms with E-state index in [-0.39, 0.29) is 11.7 Å². The zero-order chi connectivity index (χ0) is 13.8. The number of carbonyl (C=O) groups excluding carboxylic acids is 1. The first-order valence-corrected chi connectivity index (χ1v) is 5.91. The summed E-state index contributed by atoms with van der Waals surface area (Å²) in [6, 6.07) is 12.2. The van der Waals surface area contributed by atoms with E-state index in [1.165, 1.54) is 24.3 Å². The Morgan fingerprint density at radius 3 is 2.21 bits per heavy atom. The average Bonchev–Trinajstić information content (AvgIpc) is 2.40. The zero-order valence-electron chi connectivity index (χ0n) is 10.4. The molecule has 0 unspecified atom stereocenters. The van der Waals surface area contributed by atoms with Crippen molar-refractivity contribution in [3.63, 3.8) is 0 Å². The summed E-state index contributed by atoms with van der Waals surface area (Å²) in [5.74, 6) is -0.678. The zero-order valence-corrected chi connectivity index (χ0v) is 10.4. The lowest BCUT2D eigenvalue weighted by Gasteiger charge is -2.08. The highest BCUT2D eigenvalue weighted by Crippen LogP contribution is 2.16. The molecule has 0 saturated carbocycles. The number of benzene rings is 2. The van der Waals surface area contributed by atoms with Crippen molar-refractivity contribution in [2.24, 2.45) is 0 Å². The number of halogens is 1. The Labute approximate surface area is 110 Å². The minimum atomic E-state index is -0.540. The summed E-state index contributed by atoms with van der Waals surface area (Å²) in [6.45, 7) is 1.67. The van der Waals surface area contributed by atoms with Crippen LogP contribution in [0.4, 0.5) is 10.1 Å². The topological polar surface area (TPSA) is 49.3 Å². The van der Waals surface area contributed by atoms with Crippen molar-refractivity contribution in [1.82, 2.24) is 0 Å². The van der Waals surface area contributed by atoms with Crippen molar-refractivity contribution in [2.45, 2.75) is 13.0 Å². The second kappa shape index (κ2) is 5.63. The Morgan fingerprint density at radius 1 is 1.11 bits per heavy atom. The summed E-state index contributed by atoms with van der Waals surface area (Å²) < 4.78 is 12.7. The molecule has 4 heteroatoms. The van der Waals surface area contributed by atoms with Crippen LogP contribution in [0.1, 0.15) is 28.9 Å². The smallest absolute Gasteiger partial charge is 0.255 e. The molecule has 1 atom stereocenters. The lowest BCUT2D eigenvalue weighted by molar-refractivity contribution is 0.102. The van der Waals surface area contributed by atoms with Crippen molar-refractivity contribution < 1.29 is 14.3 Å². The Hall–Kier alpha value is -2.20. The molecule has 98 valence electrons.